The van der Waals surface area contributed by atoms with E-state index in [2.05, 4.69) is 22.6 Å². The maximum absolute atomic E-state index is 11.6. The Bertz CT molecular complexity index is 418. The fourth-order valence-corrected chi connectivity index (χ4v) is 1.66. The molecule has 1 amide bonds. The van der Waals surface area contributed by atoms with Crippen LogP contribution in [0.25, 0.3) is 0 Å². The maximum Gasteiger partial charge on any atom is 0.220 e. The Hall–Kier alpha value is -2.04. The normalized spacial score (nSPS) is 13.0. The number of aryl methyl sites for hydroxylation is 1. The molecule has 5 nitrogen and oxygen atoms in total. The van der Waals surface area contributed by atoms with Crippen LogP contribution in [-0.4, -0.2) is 23.5 Å². The number of nitrogens with two attached hydrogens (primary N) is 1. The van der Waals surface area contributed by atoms with Gasteiger partial charge < -0.3 is 16.3 Å². The molecule has 5 heteroatoms. The highest BCUT2D eigenvalue weighted by Gasteiger charge is 2.09. The van der Waals surface area contributed by atoms with Crippen molar-refractivity contribution in [3.63, 3.8) is 0 Å². The number of oxime groups is 1. The Morgan fingerprint density at radius 3 is 2.74 bits per heavy atom. The average Bonchev–Trinajstić information content (AvgIpc) is 2.45. The van der Waals surface area contributed by atoms with E-state index < -0.39 is 0 Å². The van der Waals surface area contributed by atoms with Gasteiger partial charge in [0.05, 0.1) is 0 Å². The molecule has 0 radical (unpaired) electrons. The van der Waals surface area contributed by atoms with Crippen LogP contribution in [0.2, 0.25) is 0 Å². The summed E-state index contributed by atoms with van der Waals surface area (Å²) in [6, 6.07) is 10.1. The highest BCUT2D eigenvalue weighted by molar-refractivity contribution is 5.83. The van der Waals surface area contributed by atoms with Crippen LogP contribution in [0, 0.1) is 5.92 Å². The third-order valence-electron chi connectivity index (χ3n) is 2.94. The van der Waals surface area contributed by atoms with Crippen molar-refractivity contribution < 1.29 is 10.0 Å². The van der Waals surface area contributed by atoms with Gasteiger partial charge in [0.1, 0.15) is 5.84 Å². The zero-order valence-corrected chi connectivity index (χ0v) is 11.2. The van der Waals surface area contributed by atoms with E-state index in [9.17, 15) is 4.79 Å². The Morgan fingerprint density at radius 1 is 1.42 bits per heavy atom. The molecule has 0 aliphatic carbocycles. The third-order valence-corrected chi connectivity index (χ3v) is 2.94. The second-order valence-electron chi connectivity index (χ2n) is 4.57. The highest BCUT2D eigenvalue weighted by Crippen LogP contribution is 2.04. The number of nitrogens with zero attached hydrogens (tertiary/aromatic N) is 1. The third kappa shape index (κ3) is 5.90. The van der Waals surface area contributed by atoms with Crippen LogP contribution >= 0.6 is 0 Å². The lowest BCUT2D eigenvalue weighted by atomic mass is 10.1. The van der Waals surface area contributed by atoms with Crippen LogP contribution in [0.1, 0.15) is 25.3 Å². The summed E-state index contributed by atoms with van der Waals surface area (Å²) in [5, 5.41) is 14.2. The summed E-state index contributed by atoms with van der Waals surface area (Å²) in [6.07, 6.45) is 2.19. The predicted octanol–water partition coefficient (Wildman–Crippen LogP) is 1.51. The number of rotatable bonds is 7. The van der Waals surface area contributed by atoms with Crippen LogP contribution < -0.4 is 11.1 Å². The Labute approximate surface area is 113 Å². The molecule has 0 aliphatic heterocycles. The average molecular weight is 263 g/mol. The van der Waals surface area contributed by atoms with Gasteiger partial charge in [-0.1, -0.05) is 42.4 Å². The van der Waals surface area contributed by atoms with E-state index in [1.54, 1.807) is 6.92 Å². The fourth-order valence-electron chi connectivity index (χ4n) is 1.66. The zero-order valence-electron chi connectivity index (χ0n) is 11.2. The molecule has 1 aromatic rings. The summed E-state index contributed by atoms with van der Waals surface area (Å²) in [6.45, 7) is 2.18. The number of nitrogens with one attached hydrogen (secondary N) is 1. The molecule has 1 unspecified atom stereocenters. The van der Waals surface area contributed by atoms with Gasteiger partial charge in [0.25, 0.3) is 0 Å². The molecule has 0 bridgehead atoms. The van der Waals surface area contributed by atoms with E-state index in [0.717, 1.165) is 12.8 Å². The minimum atomic E-state index is -0.164. The first kappa shape index (κ1) is 15.0. The van der Waals surface area contributed by atoms with Gasteiger partial charge in [-0.25, -0.2) is 0 Å². The van der Waals surface area contributed by atoms with E-state index >= 15 is 0 Å². The zero-order chi connectivity index (χ0) is 14.1. The van der Waals surface area contributed by atoms with Gasteiger partial charge in [-0.05, 0) is 18.4 Å². The molecule has 1 rings (SSSR count). The van der Waals surface area contributed by atoms with Crippen molar-refractivity contribution in [2.75, 3.05) is 6.54 Å². The smallest absolute Gasteiger partial charge is 0.220 e. The minimum Gasteiger partial charge on any atom is -0.409 e. The number of amides is 1. The number of carbonyl (C=O) groups is 1. The van der Waals surface area contributed by atoms with Gasteiger partial charge in [0, 0.05) is 18.9 Å². The quantitative estimate of drug-likeness (QED) is 0.301. The van der Waals surface area contributed by atoms with Gasteiger partial charge in [-0.2, -0.15) is 0 Å². The Kier molecular flexibility index (Phi) is 6.43. The highest BCUT2D eigenvalue weighted by atomic mass is 16.4. The lowest BCUT2D eigenvalue weighted by Gasteiger charge is -2.10. The molecule has 19 heavy (non-hydrogen) atoms. The molecule has 0 aromatic heterocycles. The first-order chi connectivity index (χ1) is 9.13. The van der Waals surface area contributed by atoms with Gasteiger partial charge >= 0.3 is 0 Å². The Balaban J connectivity index is 2.18. The molecule has 0 aliphatic rings. The summed E-state index contributed by atoms with van der Waals surface area (Å²) >= 11 is 0. The molecular weight excluding hydrogens is 242 g/mol. The SMILES string of the molecule is CC(CNC(=O)CCCc1ccccc1)C(N)=NO. The van der Waals surface area contributed by atoms with Crippen molar-refractivity contribution in [2.24, 2.45) is 16.8 Å². The van der Waals surface area contributed by atoms with E-state index in [4.69, 9.17) is 10.9 Å². The number of benzene rings is 1. The second-order valence-corrected chi connectivity index (χ2v) is 4.57. The first-order valence-corrected chi connectivity index (χ1v) is 6.41. The van der Waals surface area contributed by atoms with Crippen LogP contribution in [0.4, 0.5) is 0 Å². The molecule has 0 saturated carbocycles. The topological polar surface area (TPSA) is 87.7 Å². The van der Waals surface area contributed by atoms with Crippen molar-refractivity contribution in [3.05, 3.63) is 35.9 Å². The number of amidine groups is 1. The fraction of sp³-hybridized carbons (Fsp3) is 0.429. The molecule has 0 fully saturated rings. The van der Waals surface area contributed by atoms with Crippen molar-refractivity contribution in [1.29, 1.82) is 0 Å². The van der Waals surface area contributed by atoms with Crippen molar-refractivity contribution in [2.45, 2.75) is 26.2 Å². The van der Waals surface area contributed by atoms with E-state index in [0.29, 0.717) is 13.0 Å². The number of hydrogen-bond donors (Lipinski definition) is 3. The summed E-state index contributed by atoms with van der Waals surface area (Å²) in [7, 11) is 0. The van der Waals surface area contributed by atoms with Crippen LogP contribution in [0.15, 0.2) is 35.5 Å². The van der Waals surface area contributed by atoms with E-state index in [-0.39, 0.29) is 17.7 Å². The van der Waals surface area contributed by atoms with E-state index in [1.165, 1.54) is 5.56 Å². The largest absolute Gasteiger partial charge is 0.409 e. The Morgan fingerprint density at radius 2 is 2.11 bits per heavy atom. The predicted molar refractivity (Wildman–Crippen MR) is 75.0 cm³/mol. The molecule has 0 spiro atoms. The summed E-state index contributed by atoms with van der Waals surface area (Å²) in [5.74, 6) is -0.0406. The van der Waals surface area contributed by atoms with Crippen molar-refractivity contribution in [1.82, 2.24) is 5.32 Å². The van der Waals surface area contributed by atoms with Gasteiger partial charge in [-0.3, -0.25) is 4.79 Å². The first-order valence-electron chi connectivity index (χ1n) is 6.41. The molecular formula is C14H21N3O2. The number of carbonyl (C=O) groups excluding carboxylic acids is 1. The molecule has 0 saturated heterocycles. The molecule has 1 atom stereocenters. The number of hydrogen-bond acceptors (Lipinski definition) is 3. The molecule has 104 valence electrons. The van der Waals surface area contributed by atoms with E-state index in [1.807, 2.05) is 18.2 Å². The lowest BCUT2D eigenvalue weighted by molar-refractivity contribution is -0.121. The van der Waals surface area contributed by atoms with Crippen LogP contribution in [0.5, 0.6) is 0 Å². The second kappa shape index (κ2) is 8.13. The van der Waals surface area contributed by atoms with Crippen LogP contribution in [0.3, 0.4) is 0 Å². The minimum absolute atomic E-state index is 0.00600. The maximum atomic E-state index is 11.6. The summed E-state index contributed by atoms with van der Waals surface area (Å²) < 4.78 is 0. The summed E-state index contributed by atoms with van der Waals surface area (Å²) in [5.41, 5.74) is 6.66. The van der Waals surface area contributed by atoms with Crippen molar-refractivity contribution >= 4 is 11.7 Å². The lowest BCUT2D eigenvalue weighted by Crippen LogP contribution is -2.34. The summed E-state index contributed by atoms with van der Waals surface area (Å²) in [4.78, 5) is 11.6. The van der Waals surface area contributed by atoms with Crippen LogP contribution in [-0.2, 0) is 11.2 Å². The standard InChI is InChI=1S/C14H21N3O2/c1-11(14(15)17-19)10-16-13(18)9-5-8-12-6-3-2-4-7-12/h2-4,6-7,11,19H,5,8-10H2,1H3,(H2,15,17)(H,16,18). The molecule has 4 N–H and O–H groups in total. The monoisotopic (exact) mass is 263 g/mol. The van der Waals surface area contributed by atoms with Crippen molar-refractivity contribution in [3.8, 4) is 0 Å². The molecule has 0 heterocycles. The molecule has 1 aromatic carbocycles. The van der Waals surface area contributed by atoms with Gasteiger partial charge in [0.2, 0.25) is 5.91 Å². The van der Waals surface area contributed by atoms with Gasteiger partial charge in [0.15, 0.2) is 0 Å². The van der Waals surface area contributed by atoms with Gasteiger partial charge in [-0.15, -0.1) is 0 Å².